The summed E-state index contributed by atoms with van der Waals surface area (Å²) < 4.78 is 3.70. The third-order valence-corrected chi connectivity index (χ3v) is 17.5. The summed E-state index contributed by atoms with van der Waals surface area (Å²) in [5.41, 5.74) is 16.6. The zero-order valence-corrected chi connectivity index (χ0v) is 46.6. The van der Waals surface area contributed by atoms with Crippen LogP contribution in [-0.4, -0.2) is 32.9 Å². The minimum Gasteiger partial charge on any atom is 0 e. The van der Waals surface area contributed by atoms with Crippen LogP contribution in [-0.2, 0) is 37.3 Å². The summed E-state index contributed by atoms with van der Waals surface area (Å²) in [5, 5.41) is 12.7. The first kappa shape index (κ1) is 49.6. The van der Waals surface area contributed by atoms with E-state index in [-0.39, 0.29) is 43.1 Å². The van der Waals surface area contributed by atoms with Crippen molar-refractivity contribution < 1.29 is 26.2 Å². The van der Waals surface area contributed by atoms with Crippen LogP contribution in [0.4, 0.5) is 0 Å². The molecule has 352 valence electrons. The first-order valence-corrected chi connectivity index (χ1v) is 31.3. The minimum atomic E-state index is -2.63. The quantitative estimate of drug-likeness (QED) is 0.122. The zero-order valence-electron chi connectivity index (χ0n) is 42.2. The summed E-state index contributed by atoms with van der Waals surface area (Å²) in [7, 11) is 0. The number of hydrogen-bond acceptors (Lipinski definition) is 3. The van der Waals surface area contributed by atoms with Crippen LogP contribution < -0.4 is 4.40 Å². The van der Waals surface area contributed by atoms with Crippen molar-refractivity contribution in [3.8, 4) is 78.6 Å². The monoisotopic (exact) mass is 1150 g/mol. The van der Waals surface area contributed by atoms with Crippen LogP contribution >= 0.6 is 0 Å². The van der Waals surface area contributed by atoms with E-state index in [2.05, 4.69) is 248 Å². The number of imidazole rings is 1. The van der Waals surface area contributed by atoms with Gasteiger partial charge in [-0.05, 0) is 0 Å². The molecule has 0 aliphatic carbocycles. The van der Waals surface area contributed by atoms with Crippen LogP contribution in [0.1, 0.15) is 79.0 Å². The fourth-order valence-corrected chi connectivity index (χ4v) is 11.5. The van der Waals surface area contributed by atoms with Gasteiger partial charge in [0.25, 0.3) is 0 Å². The van der Waals surface area contributed by atoms with Gasteiger partial charge in [0.1, 0.15) is 0 Å². The predicted octanol–water partition coefficient (Wildman–Crippen LogP) is 16.4. The standard InChI is InChI=1S/C63H64GeN3O.Pt/c1-61(2,3)48-33-46(32-47(34-48)55-36-45(30-31-65-55)42-24-18-14-19-25-42)52-39-50(64(10,11)12)40-57-58(52)66-60(53-37-49(62(4,5)6)38-54(59(53)68)63(7,8)9)67(57)56-29-28-44(41-22-16-13-17-23-41)35-51(56)43-26-20-15-21-27-43;/h13-31,33-40,68H,1-12H3;/q-1;. The number of phenols is 1. The van der Waals surface area contributed by atoms with E-state index in [4.69, 9.17) is 9.97 Å². The molecule has 1 N–H and O–H groups in total. The Kier molecular flexibility index (Phi) is 13.5. The second kappa shape index (κ2) is 18.8. The van der Waals surface area contributed by atoms with Crippen molar-refractivity contribution in [1.29, 1.82) is 0 Å². The van der Waals surface area contributed by atoms with Gasteiger partial charge in [0.15, 0.2) is 0 Å². The van der Waals surface area contributed by atoms with Crippen LogP contribution in [0.3, 0.4) is 0 Å². The molecule has 0 unspecified atom stereocenters. The molecule has 0 fully saturated rings. The number of fused-ring (bicyclic) bond motifs is 1. The van der Waals surface area contributed by atoms with Gasteiger partial charge in [-0.25, -0.2) is 0 Å². The number of rotatable bonds is 8. The van der Waals surface area contributed by atoms with Crippen molar-refractivity contribution >= 4 is 28.7 Å². The number of phenolic OH excluding ortho intramolecular Hbond substituents is 1. The van der Waals surface area contributed by atoms with Gasteiger partial charge in [-0.3, -0.25) is 0 Å². The Bertz CT molecular complexity index is 3310. The Hall–Kier alpha value is -5.81. The van der Waals surface area contributed by atoms with E-state index < -0.39 is 13.3 Å². The van der Waals surface area contributed by atoms with Crippen LogP contribution in [0.15, 0.2) is 164 Å². The maximum atomic E-state index is 12.7. The molecular weight excluding hydrogens is 1080 g/mol. The van der Waals surface area contributed by atoms with Gasteiger partial charge < -0.3 is 0 Å². The maximum Gasteiger partial charge on any atom is 0 e. The van der Waals surface area contributed by atoms with Crippen molar-refractivity contribution in [2.45, 2.75) is 95.8 Å². The first-order valence-electron chi connectivity index (χ1n) is 24.0. The van der Waals surface area contributed by atoms with Crippen LogP contribution in [0.5, 0.6) is 5.75 Å². The van der Waals surface area contributed by atoms with Gasteiger partial charge in [0.2, 0.25) is 0 Å². The van der Waals surface area contributed by atoms with Gasteiger partial charge in [-0.2, -0.15) is 0 Å². The molecule has 9 aromatic rings. The van der Waals surface area contributed by atoms with E-state index in [9.17, 15) is 5.11 Å². The molecule has 7 aromatic carbocycles. The second-order valence-electron chi connectivity index (χ2n) is 22.5. The molecule has 9 rings (SSSR count). The Balaban J connectivity index is 0.00000642. The summed E-state index contributed by atoms with van der Waals surface area (Å²) in [6, 6.07) is 60.5. The summed E-state index contributed by atoms with van der Waals surface area (Å²) in [4.78, 5) is 10.8. The summed E-state index contributed by atoms with van der Waals surface area (Å²) in [6.45, 7) is 20.1. The van der Waals surface area contributed by atoms with Crippen molar-refractivity contribution in [3.05, 3.63) is 187 Å². The van der Waals surface area contributed by atoms with E-state index in [0.717, 1.165) is 83.6 Å². The van der Waals surface area contributed by atoms with E-state index in [1.165, 1.54) is 9.96 Å². The van der Waals surface area contributed by atoms with Gasteiger partial charge >= 0.3 is 403 Å². The number of pyridine rings is 1. The van der Waals surface area contributed by atoms with E-state index in [1.807, 2.05) is 6.20 Å². The number of hydrogen-bond donors (Lipinski definition) is 1. The molecule has 0 saturated carbocycles. The summed E-state index contributed by atoms with van der Waals surface area (Å²) in [5.74, 6) is 8.34. The molecule has 69 heavy (non-hydrogen) atoms. The molecule has 4 nitrogen and oxygen atoms in total. The molecule has 0 radical (unpaired) electrons. The van der Waals surface area contributed by atoms with Gasteiger partial charge in [-0.1, -0.05) is 6.07 Å². The van der Waals surface area contributed by atoms with Crippen LogP contribution in [0.2, 0.25) is 17.3 Å². The molecule has 2 heterocycles. The Morgan fingerprint density at radius 3 is 1.62 bits per heavy atom. The Morgan fingerprint density at radius 1 is 0.507 bits per heavy atom. The number of aromatic nitrogens is 3. The fraction of sp³-hybridized carbons (Fsp3) is 0.238. The first-order chi connectivity index (χ1) is 32.1. The molecule has 0 saturated heterocycles. The number of nitrogens with zero attached hydrogens (tertiary/aromatic N) is 3. The molecule has 0 atom stereocenters. The molecule has 0 aliphatic heterocycles. The van der Waals surface area contributed by atoms with Crippen molar-refractivity contribution in [2.75, 3.05) is 0 Å². The average molecular weight is 1150 g/mol. The Morgan fingerprint density at radius 2 is 1.06 bits per heavy atom. The number of benzene rings is 7. The third kappa shape index (κ3) is 10.1. The molecule has 6 heteroatoms. The smallest absolute Gasteiger partial charge is 0 e. The predicted molar refractivity (Wildman–Crippen MR) is 291 cm³/mol. The van der Waals surface area contributed by atoms with E-state index in [1.54, 1.807) is 0 Å². The van der Waals surface area contributed by atoms with Crippen LogP contribution in [0, 0.1) is 6.07 Å². The minimum absolute atomic E-state index is 0. The molecule has 0 bridgehead atoms. The fourth-order valence-electron chi connectivity index (χ4n) is 9.11. The molecule has 0 amide bonds. The largest absolute Gasteiger partial charge is 0 e. The topological polar surface area (TPSA) is 50.9 Å². The molecule has 0 spiro atoms. The zero-order chi connectivity index (χ0) is 48.3. The van der Waals surface area contributed by atoms with Crippen LogP contribution in [0.25, 0.3) is 83.9 Å². The second-order valence-corrected chi connectivity index (χ2v) is 33.2. The van der Waals surface area contributed by atoms with Crippen molar-refractivity contribution in [1.82, 2.24) is 14.5 Å². The third-order valence-electron chi connectivity index (χ3n) is 13.2. The Labute approximate surface area is 427 Å². The number of aromatic hydroxyl groups is 1. The maximum absolute atomic E-state index is 12.7. The molecule has 2 aromatic heterocycles. The molecular formula is C63H64GeN3OPt-. The average Bonchev–Trinajstić information content (AvgIpc) is 3.69. The van der Waals surface area contributed by atoms with Gasteiger partial charge in [0.05, 0.1) is 0 Å². The van der Waals surface area contributed by atoms with Crippen molar-refractivity contribution in [2.24, 2.45) is 0 Å². The van der Waals surface area contributed by atoms with E-state index >= 15 is 0 Å². The molecule has 0 aliphatic rings. The van der Waals surface area contributed by atoms with E-state index in [0.29, 0.717) is 11.4 Å². The normalized spacial score (nSPS) is 12.3. The van der Waals surface area contributed by atoms with Crippen molar-refractivity contribution in [3.63, 3.8) is 0 Å². The summed E-state index contributed by atoms with van der Waals surface area (Å²) in [6.07, 6.45) is 1.91. The SMILES string of the molecule is CC(C)(C)c1cc(-c2cc(-c3ccccc3)ccn2)[c-]c(-c2c[c]([Ge]([CH3])([CH3])[CH3])cc3c2nc(-c2cc(C(C)(C)C)cc(C(C)(C)C)c2O)n3-c2ccc(-c3ccccc3)cc2-c2ccccc2)c1.[Pt]. The summed E-state index contributed by atoms with van der Waals surface area (Å²) >= 11 is -2.63. The van der Waals surface area contributed by atoms with Gasteiger partial charge in [0, 0.05) is 21.1 Å². The van der Waals surface area contributed by atoms with Gasteiger partial charge in [-0.15, -0.1) is 0 Å².